The van der Waals surface area contributed by atoms with Gasteiger partial charge in [0.1, 0.15) is 5.25 Å². The van der Waals surface area contributed by atoms with E-state index in [2.05, 4.69) is 20.5 Å². The Morgan fingerprint density at radius 2 is 1.62 bits per heavy atom. The molecule has 0 spiro atoms. The summed E-state index contributed by atoms with van der Waals surface area (Å²) in [6.07, 6.45) is 10.5. The Hall–Kier alpha value is -2.35. The zero-order valence-electron chi connectivity index (χ0n) is 18.5. The summed E-state index contributed by atoms with van der Waals surface area (Å²) in [6, 6.07) is 7.18. The van der Waals surface area contributed by atoms with Gasteiger partial charge in [0.15, 0.2) is 5.17 Å². The average Bonchev–Trinajstić information content (AvgIpc) is 2.99. The lowest BCUT2D eigenvalue weighted by molar-refractivity contribution is -0.121. The number of piperidine rings is 1. The highest BCUT2D eigenvalue weighted by atomic mass is 32.2. The molecule has 7 nitrogen and oxygen atoms in total. The quantitative estimate of drug-likeness (QED) is 0.655. The van der Waals surface area contributed by atoms with E-state index in [1.54, 1.807) is 24.3 Å². The first kappa shape index (κ1) is 22.8. The van der Waals surface area contributed by atoms with E-state index in [-0.39, 0.29) is 30.2 Å². The fourth-order valence-electron chi connectivity index (χ4n) is 4.51. The minimum Gasteiger partial charge on any atom is -0.351 e. The van der Waals surface area contributed by atoms with Gasteiger partial charge in [-0.1, -0.05) is 37.4 Å². The lowest BCUT2D eigenvalue weighted by atomic mass is 10.1. The van der Waals surface area contributed by atoms with Gasteiger partial charge < -0.3 is 15.5 Å². The second-order valence-electron chi connectivity index (χ2n) is 8.88. The van der Waals surface area contributed by atoms with E-state index in [4.69, 9.17) is 0 Å². The molecular formula is C24H32N4O3S. The first-order chi connectivity index (χ1) is 15.6. The number of benzene rings is 1. The molecule has 1 atom stereocenters. The highest BCUT2D eigenvalue weighted by Crippen LogP contribution is 2.29. The van der Waals surface area contributed by atoms with Crippen molar-refractivity contribution >= 4 is 40.3 Å². The molecule has 8 heteroatoms. The molecular weight excluding hydrogens is 424 g/mol. The van der Waals surface area contributed by atoms with Gasteiger partial charge in [-0.15, -0.1) is 0 Å². The van der Waals surface area contributed by atoms with Crippen molar-refractivity contribution in [3.63, 3.8) is 0 Å². The Bertz CT molecular complexity index is 857. The van der Waals surface area contributed by atoms with Gasteiger partial charge in [0.2, 0.25) is 5.91 Å². The number of carbonyl (C=O) groups is 3. The third-order valence-corrected chi connectivity index (χ3v) is 7.56. The van der Waals surface area contributed by atoms with E-state index in [1.165, 1.54) is 43.9 Å². The molecule has 1 aromatic rings. The molecule has 2 N–H and O–H groups in total. The Labute approximate surface area is 193 Å². The monoisotopic (exact) mass is 456 g/mol. The third-order valence-electron chi connectivity index (χ3n) is 6.35. The molecule has 3 amide bonds. The van der Waals surface area contributed by atoms with Crippen LogP contribution in [-0.4, -0.2) is 52.2 Å². The lowest BCUT2D eigenvalue weighted by Gasteiger charge is -2.27. The van der Waals surface area contributed by atoms with Gasteiger partial charge >= 0.3 is 0 Å². The van der Waals surface area contributed by atoms with Crippen LogP contribution in [0.1, 0.15) is 74.6 Å². The number of nitrogens with one attached hydrogen (secondary N) is 2. The van der Waals surface area contributed by atoms with Gasteiger partial charge in [0.25, 0.3) is 11.8 Å². The summed E-state index contributed by atoms with van der Waals surface area (Å²) < 4.78 is 0. The van der Waals surface area contributed by atoms with E-state index in [1.807, 2.05) is 0 Å². The minimum atomic E-state index is -0.462. The number of anilines is 1. The number of hydrogen-bond donors (Lipinski definition) is 2. The van der Waals surface area contributed by atoms with Crippen LogP contribution in [0.2, 0.25) is 0 Å². The first-order valence-corrected chi connectivity index (χ1v) is 12.7. The molecule has 2 fully saturated rings. The Balaban J connectivity index is 1.25. The number of nitrogens with zero attached hydrogens (tertiary/aromatic N) is 2. The van der Waals surface area contributed by atoms with Crippen molar-refractivity contribution in [2.24, 2.45) is 4.99 Å². The summed E-state index contributed by atoms with van der Waals surface area (Å²) in [5, 5.41) is 6.27. The molecule has 1 saturated carbocycles. The maximum atomic E-state index is 12.5. The Morgan fingerprint density at radius 3 is 2.31 bits per heavy atom. The zero-order chi connectivity index (χ0) is 22.3. The normalized spacial score (nSPS) is 22.2. The number of hydrogen-bond acceptors (Lipinski definition) is 5. The van der Waals surface area contributed by atoms with E-state index in [0.29, 0.717) is 11.3 Å². The molecule has 0 aromatic heterocycles. The highest BCUT2D eigenvalue weighted by molar-refractivity contribution is 8.15. The number of amidine groups is 1. The molecule has 1 aromatic carbocycles. The molecule has 2 aliphatic heterocycles. The Kier molecular flexibility index (Phi) is 7.84. The number of carbonyl (C=O) groups excluding carboxylic acids is 3. The van der Waals surface area contributed by atoms with Crippen LogP contribution in [0.5, 0.6) is 0 Å². The van der Waals surface area contributed by atoms with Gasteiger partial charge in [0.05, 0.1) is 0 Å². The zero-order valence-corrected chi connectivity index (χ0v) is 19.3. The fraction of sp³-hybridized carbons (Fsp3) is 0.583. The molecule has 0 radical (unpaired) electrons. The summed E-state index contributed by atoms with van der Waals surface area (Å²) in [5.41, 5.74) is 1.21. The van der Waals surface area contributed by atoms with Crippen LogP contribution in [-0.2, 0) is 9.59 Å². The van der Waals surface area contributed by atoms with Crippen molar-refractivity contribution in [1.29, 1.82) is 0 Å². The molecule has 1 saturated heterocycles. The van der Waals surface area contributed by atoms with Crippen molar-refractivity contribution in [2.45, 2.75) is 75.5 Å². The van der Waals surface area contributed by atoms with E-state index < -0.39 is 5.25 Å². The number of thioether (sulfide) groups is 1. The van der Waals surface area contributed by atoms with Crippen molar-refractivity contribution in [2.75, 3.05) is 18.4 Å². The summed E-state index contributed by atoms with van der Waals surface area (Å²) in [6.45, 7) is 1.86. The van der Waals surface area contributed by atoms with Crippen molar-refractivity contribution in [3.8, 4) is 0 Å². The molecule has 0 unspecified atom stereocenters. The smallest absolute Gasteiger partial charge is 0.262 e. The summed E-state index contributed by atoms with van der Waals surface area (Å²) in [7, 11) is 0. The van der Waals surface area contributed by atoms with Crippen LogP contribution < -0.4 is 10.6 Å². The van der Waals surface area contributed by atoms with Gasteiger partial charge in [-0.2, -0.15) is 4.99 Å². The molecule has 172 valence electrons. The molecule has 4 rings (SSSR count). The van der Waals surface area contributed by atoms with Gasteiger partial charge in [0, 0.05) is 36.8 Å². The molecule has 1 aliphatic carbocycles. The van der Waals surface area contributed by atoms with Crippen molar-refractivity contribution < 1.29 is 14.4 Å². The largest absolute Gasteiger partial charge is 0.351 e. The standard InChI is InChI=1S/C24H32N4O3S/c29-21(16-20-23(31)27-24(32-20)28-14-6-3-7-15-28)25-19-12-10-17(11-13-19)22(30)26-18-8-4-1-2-5-9-18/h10-13,18,20H,1-9,14-16H2,(H,25,29)(H,26,30)/t20-/m1/s1. The van der Waals surface area contributed by atoms with Gasteiger partial charge in [-0.05, 0) is 56.4 Å². The summed E-state index contributed by atoms with van der Waals surface area (Å²) in [4.78, 5) is 43.6. The van der Waals surface area contributed by atoms with Crippen LogP contribution in [0.25, 0.3) is 0 Å². The second-order valence-corrected chi connectivity index (χ2v) is 10.0. The van der Waals surface area contributed by atoms with Crippen LogP contribution in [0.15, 0.2) is 29.3 Å². The van der Waals surface area contributed by atoms with E-state index >= 15 is 0 Å². The molecule has 2 heterocycles. The predicted octanol–water partition coefficient (Wildman–Crippen LogP) is 3.95. The number of rotatable bonds is 5. The molecule has 0 bridgehead atoms. The Morgan fingerprint density at radius 1 is 0.969 bits per heavy atom. The minimum absolute atomic E-state index is 0.0647. The van der Waals surface area contributed by atoms with Crippen molar-refractivity contribution in [3.05, 3.63) is 29.8 Å². The van der Waals surface area contributed by atoms with Crippen molar-refractivity contribution in [1.82, 2.24) is 10.2 Å². The summed E-state index contributed by atoms with van der Waals surface area (Å²) >= 11 is 1.40. The van der Waals surface area contributed by atoms with Gasteiger partial charge in [-0.25, -0.2) is 0 Å². The maximum Gasteiger partial charge on any atom is 0.262 e. The number of amides is 3. The fourth-order valence-corrected chi connectivity index (χ4v) is 5.62. The van der Waals surface area contributed by atoms with Crippen LogP contribution in [0, 0.1) is 0 Å². The average molecular weight is 457 g/mol. The topological polar surface area (TPSA) is 90.9 Å². The molecule has 32 heavy (non-hydrogen) atoms. The first-order valence-electron chi connectivity index (χ1n) is 11.8. The van der Waals surface area contributed by atoms with E-state index in [0.717, 1.165) is 43.9 Å². The van der Waals surface area contributed by atoms with E-state index in [9.17, 15) is 14.4 Å². The van der Waals surface area contributed by atoms with Crippen LogP contribution >= 0.6 is 11.8 Å². The maximum absolute atomic E-state index is 12.5. The molecule has 3 aliphatic rings. The van der Waals surface area contributed by atoms with Gasteiger partial charge in [-0.3, -0.25) is 14.4 Å². The van der Waals surface area contributed by atoms with Crippen LogP contribution in [0.4, 0.5) is 5.69 Å². The predicted molar refractivity (Wildman–Crippen MR) is 128 cm³/mol. The second kappa shape index (κ2) is 11.0. The number of aliphatic imine (C=N–C) groups is 1. The third kappa shape index (κ3) is 6.12. The number of likely N-dealkylation sites (tertiary alicyclic amines) is 1. The van der Waals surface area contributed by atoms with Crippen LogP contribution in [0.3, 0.4) is 0 Å². The summed E-state index contributed by atoms with van der Waals surface area (Å²) in [5.74, 6) is -0.511. The lowest BCUT2D eigenvalue weighted by Crippen LogP contribution is -2.34. The SMILES string of the molecule is O=C(C[C@H]1SC(N2CCCCC2)=NC1=O)Nc1ccc(C(=O)NC2CCCCCC2)cc1. The highest BCUT2D eigenvalue weighted by Gasteiger charge is 2.33.